The lowest BCUT2D eigenvalue weighted by atomic mass is 10.0. The highest BCUT2D eigenvalue weighted by atomic mass is 16.3. The monoisotopic (exact) mass is 231 g/mol. The largest absolute Gasteiger partial charge is 0.467 e. The molecule has 90 valence electrons. The number of carbonyl (C=O) groups excluding carboxylic acids is 1. The molecule has 0 aromatic carbocycles. The maximum Gasteiger partial charge on any atom is 0.224 e. The second-order valence-electron chi connectivity index (χ2n) is 5.81. The highest BCUT2D eigenvalue weighted by Crippen LogP contribution is 2.69. The summed E-state index contributed by atoms with van der Waals surface area (Å²) in [5.74, 6) is 4.61. The smallest absolute Gasteiger partial charge is 0.224 e. The van der Waals surface area contributed by atoms with E-state index in [1.165, 1.54) is 19.3 Å². The van der Waals surface area contributed by atoms with Crippen molar-refractivity contribution in [3.05, 3.63) is 24.2 Å². The van der Waals surface area contributed by atoms with Crippen LogP contribution < -0.4 is 5.32 Å². The van der Waals surface area contributed by atoms with Gasteiger partial charge in [-0.3, -0.25) is 4.79 Å². The Labute approximate surface area is 101 Å². The van der Waals surface area contributed by atoms with Crippen LogP contribution in [-0.2, 0) is 11.3 Å². The number of hydrogen-bond donors (Lipinski definition) is 1. The van der Waals surface area contributed by atoms with Gasteiger partial charge in [-0.1, -0.05) is 0 Å². The van der Waals surface area contributed by atoms with E-state index < -0.39 is 0 Å². The summed E-state index contributed by atoms with van der Waals surface area (Å²) in [6, 6.07) is 3.76. The number of carbonyl (C=O) groups is 1. The molecule has 0 aliphatic heterocycles. The first kappa shape index (κ1) is 9.75. The Kier molecular flexibility index (Phi) is 1.93. The third-order valence-electron chi connectivity index (χ3n) is 5.06. The van der Waals surface area contributed by atoms with Crippen molar-refractivity contribution in [2.75, 3.05) is 0 Å². The fourth-order valence-corrected chi connectivity index (χ4v) is 4.38. The van der Waals surface area contributed by atoms with Gasteiger partial charge >= 0.3 is 0 Å². The average molecular weight is 231 g/mol. The third kappa shape index (κ3) is 1.38. The molecule has 3 aliphatic rings. The maximum absolute atomic E-state index is 12.1. The van der Waals surface area contributed by atoms with Crippen LogP contribution in [0.3, 0.4) is 0 Å². The summed E-state index contributed by atoms with van der Waals surface area (Å²) in [6.07, 6.45) is 5.78. The number of furan rings is 1. The van der Waals surface area contributed by atoms with Crippen LogP contribution in [0, 0.1) is 29.6 Å². The minimum atomic E-state index is 0.257. The number of amides is 1. The van der Waals surface area contributed by atoms with Gasteiger partial charge in [-0.05, 0) is 55.1 Å². The van der Waals surface area contributed by atoms with Crippen LogP contribution in [0.15, 0.2) is 22.8 Å². The highest BCUT2D eigenvalue weighted by molar-refractivity contribution is 5.82. The predicted molar refractivity (Wildman–Crippen MR) is 61.9 cm³/mol. The van der Waals surface area contributed by atoms with E-state index in [0.717, 1.165) is 29.4 Å². The van der Waals surface area contributed by atoms with Gasteiger partial charge in [0.25, 0.3) is 0 Å². The molecule has 3 aliphatic carbocycles. The van der Waals surface area contributed by atoms with Gasteiger partial charge in [-0.2, -0.15) is 0 Å². The minimum absolute atomic E-state index is 0.257. The molecule has 1 amide bonds. The Bertz CT molecular complexity index is 423. The topological polar surface area (TPSA) is 42.2 Å². The molecule has 3 fully saturated rings. The van der Waals surface area contributed by atoms with E-state index >= 15 is 0 Å². The molecule has 0 spiro atoms. The first-order valence-corrected chi connectivity index (χ1v) is 6.64. The lowest BCUT2D eigenvalue weighted by Crippen LogP contribution is -2.26. The number of nitrogens with one attached hydrogen (secondary N) is 1. The normalized spacial score (nSPS) is 41.3. The Morgan fingerprint density at radius 1 is 1.35 bits per heavy atom. The van der Waals surface area contributed by atoms with Gasteiger partial charge in [0.1, 0.15) is 5.76 Å². The van der Waals surface area contributed by atoms with Gasteiger partial charge < -0.3 is 9.73 Å². The first-order chi connectivity index (χ1) is 8.34. The van der Waals surface area contributed by atoms with Gasteiger partial charge in [-0.25, -0.2) is 0 Å². The van der Waals surface area contributed by atoms with Crippen molar-refractivity contribution in [2.24, 2.45) is 29.6 Å². The number of hydrogen-bond acceptors (Lipinski definition) is 2. The van der Waals surface area contributed by atoms with Crippen LogP contribution in [-0.4, -0.2) is 5.91 Å². The predicted octanol–water partition coefficient (Wildman–Crippen LogP) is 2.19. The summed E-state index contributed by atoms with van der Waals surface area (Å²) < 4.78 is 5.22. The first-order valence-electron chi connectivity index (χ1n) is 6.64. The summed E-state index contributed by atoms with van der Waals surface area (Å²) in [5.41, 5.74) is 0. The van der Waals surface area contributed by atoms with E-state index in [1.54, 1.807) is 6.26 Å². The molecule has 4 rings (SSSR count). The molecule has 17 heavy (non-hydrogen) atoms. The molecule has 1 aromatic rings. The third-order valence-corrected chi connectivity index (χ3v) is 5.06. The summed E-state index contributed by atoms with van der Waals surface area (Å²) in [6.45, 7) is 0.539. The van der Waals surface area contributed by atoms with Crippen LogP contribution in [0.5, 0.6) is 0 Å². The summed E-state index contributed by atoms with van der Waals surface area (Å²) in [4.78, 5) is 12.1. The molecule has 3 heteroatoms. The van der Waals surface area contributed by atoms with E-state index in [2.05, 4.69) is 5.32 Å². The molecule has 5 atom stereocenters. The zero-order valence-electron chi connectivity index (χ0n) is 9.76. The molecular formula is C14H17NO2. The zero-order valence-corrected chi connectivity index (χ0v) is 9.76. The Balaban J connectivity index is 1.37. The molecule has 3 saturated carbocycles. The van der Waals surface area contributed by atoms with Gasteiger partial charge in [0.05, 0.1) is 12.8 Å². The fourth-order valence-electron chi connectivity index (χ4n) is 4.38. The van der Waals surface area contributed by atoms with Crippen molar-refractivity contribution in [3.8, 4) is 0 Å². The molecule has 1 heterocycles. The van der Waals surface area contributed by atoms with Crippen LogP contribution in [0.1, 0.15) is 25.0 Å². The molecule has 0 saturated heterocycles. The second-order valence-corrected chi connectivity index (χ2v) is 5.81. The molecule has 1 aromatic heterocycles. The Morgan fingerprint density at radius 3 is 2.76 bits per heavy atom. The maximum atomic E-state index is 12.1. The SMILES string of the molecule is O=C(NCc1ccco1)C1[C@@H]2[C@H]3CC[C@H](C3)[C@H]12. The second kappa shape index (κ2) is 3.37. The molecule has 2 bridgehead atoms. The Morgan fingerprint density at radius 2 is 2.12 bits per heavy atom. The lowest BCUT2D eigenvalue weighted by Gasteiger charge is -2.08. The summed E-state index contributed by atoms with van der Waals surface area (Å²) in [5, 5.41) is 3.01. The van der Waals surface area contributed by atoms with Gasteiger partial charge in [0.15, 0.2) is 0 Å². The molecule has 3 nitrogen and oxygen atoms in total. The van der Waals surface area contributed by atoms with Crippen molar-refractivity contribution in [2.45, 2.75) is 25.8 Å². The highest BCUT2D eigenvalue weighted by Gasteiger charge is 2.67. The van der Waals surface area contributed by atoms with Crippen LogP contribution in [0.4, 0.5) is 0 Å². The summed E-state index contributed by atoms with van der Waals surface area (Å²) >= 11 is 0. The zero-order chi connectivity index (χ0) is 11.4. The number of rotatable bonds is 3. The van der Waals surface area contributed by atoms with E-state index in [-0.39, 0.29) is 5.91 Å². The van der Waals surface area contributed by atoms with Crippen molar-refractivity contribution >= 4 is 5.91 Å². The van der Waals surface area contributed by atoms with Crippen molar-refractivity contribution in [1.82, 2.24) is 5.32 Å². The van der Waals surface area contributed by atoms with E-state index in [0.29, 0.717) is 12.5 Å². The van der Waals surface area contributed by atoms with Crippen molar-refractivity contribution < 1.29 is 9.21 Å². The lowest BCUT2D eigenvalue weighted by molar-refractivity contribution is -0.123. The fraction of sp³-hybridized carbons (Fsp3) is 0.643. The van der Waals surface area contributed by atoms with Crippen LogP contribution in [0.25, 0.3) is 0 Å². The standard InChI is InChI=1S/C14H17NO2/c16-14(15-7-10-2-1-5-17-10)13-11-8-3-4-9(6-8)12(11)13/h1-2,5,8-9,11-13H,3-4,6-7H2,(H,15,16)/t8-,9+,11+,12-,13?. The Hall–Kier alpha value is -1.25. The van der Waals surface area contributed by atoms with Gasteiger partial charge in [-0.15, -0.1) is 0 Å². The van der Waals surface area contributed by atoms with Crippen LogP contribution in [0.2, 0.25) is 0 Å². The molecule has 1 N–H and O–H groups in total. The van der Waals surface area contributed by atoms with E-state index in [4.69, 9.17) is 4.42 Å². The molecular weight excluding hydrogens is 214 g/mol. The quantitative estimate of drug-likeness (QED) is 0.866. The van der Waals surface area contributed by atoms with E-state index in [1.807, 2.05) is 12.1 Å². The average Bonchev–Trinajstić information content (AvgIpc) is 2.80. The van der Waals surface area contributed by atoms with Crippen molar-refractivity contribution in [3.63, 3.8) is 0 Å². The van der Waals surface area contributed by atoms with Gasteiger partial charge in [0.2, 0.25) is 5.91 Å². The van der Waals surface area contributed by atoms with Crippen molar-refractivity contribution in [1.29, 1.82) is 0 Å². The minimum Gasteiger partial charge on any atom is -0.467 e. The van der Waals surface area contributed by atoms with Crippen LogP contribution >= 0.6 is 0 Å². The van der Waals surface area contributed by atoms with Gasteiger partial charge in [0, 0.05) is 5.92 Å². The molecule has 0 radical (unpaired) electrons. The van der Waals surface area contributed by atoms with E-state index in [9.17, 15) is 4.79 Å². The molecule has 1 unspecified atom stereocenters. The number of fused-ring (bicyclic) bond motifs is 5. The summed E-state index contributed by atoms with van der Waals surface area (Å²) in [7, 11) is 0.